The molecule has 0 aliphatic heterocycles. The van der Waals surface area contributed by atoms with Crippen molar-refractivity contribution in [1.29, 1.82) is 0 Å². The molecule has 0 spiro atoms. The molecule has 0 unspecified atom stereocenters. The number of benzene rings is 1. The number of carbonyl (C=O) groups is 1. The fourth-order valence-corrected chi connectivity index (χ4v) is 2.78. The van der Waals surface area contributed by atoms with E-state index in [1.165, 1.54) is 12.1 Å². The Morgan fingerprint density at radius 2 is 1.96 bits per heavy atom. The van der Waals surface area contributed by atoms with Crippen LogP contribution in [0.3, 0.4) is 0 Å². The van der Waals surface area contributed by atoms with Crippen molar-refractivity contribution in [3.63, 3.8) is 0 Å². The minimum absolute atomic E-state index is 0.0831. The second kappa shape index (κ2) is 7.32. The first-order valence-electron chi connectivity index (χ1n) is 7.81. The zero-order valence-electron chi connectivity index (χ0n) is 13.3. The van der Waals surface area contributed by atoms with Gasteiger partial charge in [-0.3, -0.25) is 4.79 Å². The van der Waals surface area contributed by atoms with Crippen molar-refractivity contribution < 1.29 is 18.0 Å². The zero-order chi connectivity index (χ0) is 18.9. The van der Waals surface area contributed by atoms with Gasteiger partial charge in [-0.15, -0.1) is 0 Å². The Bertz CT molecular complexity index is 838. The van der Waals surface area contributed by atoms with Crippen molar-refractivity contribution in [3.05, 3.63) is 51.6 Å². The van der Waals surface area contributed by atoms with Gasteiger partial charge < -0.3 is 10.6 Å². The minimum Gasteiger partial charge on any atom is -0.352 e. The Morgan fingerprint density at radius 1 is 1.23 bits per heavy atom. The zero-order valence-corrected chi connectivity index (χ0v) is 14.8. The van der Waals surface area contributed by atoms with E-state index in [4.69, 9.17) is 23.2 Å². The normalized spacial score (nSPS) is 14.2. The Kier molecular flexibility index (Phi) is 5.29. The van der Waals surface area contributed by atoms with Gasteiger partial charge in [0.2, 0.25) is 0 Å². The van der Waals surface area contributed by atoms with Crippen LogP contribution in [0.25, 0.3) is 0 Å². The van der Waals surface area contributed by atoms with E-state index in [1.807, 2.05) is 0 Å². The van der Waals surface area contributed by atoms with Crippen molar-refractivity contribution in [2.75, 3.05) is 11.9 Å². The Morgan fingerprint density at radius 3 is 2.58 bits per heavy atom. The number of rotatable bonds is 5. The molecule has 3 rings (SSSR count). The first-order valence-corrected chi connectivity index (χ1v) is 8.57. The third-order valence-electron chi connectivity index (χ3n) is 3.90. The van der Waals surface area contributed by atoms with Gasteiger partial charge in [0.05, 0.1) is 21.8 Å². The summed E-state index contributed by atoms with van der Waals surface area (Å²) in [5.74, 6) is -0.512. The summed E-state index contributed by atoms with van der Waals surface area (Å²) in [7, 11) is 0. The third-order valence-corrected chi connectivity index (χ3v) is 4.44. The molecule has 0 bridgehead atoms. The first kappa shape index (κ1) is 18.8. The van der Waals surface area contributed by atoms with E-state index in [1.54, 1.807) is 6.07 Å². The lowest BCUT2D eigenvalue weighted by Gasteiger charge is -2.15. The molecular weight excluding hydrogens is 390 g/mol. The number of carbonyl (C=O) groups excluding carboxylic acids is 1. The molecule has 2 aromatic rings. The maximum atomic E-state index is 13.4. The number of aromatic nitrogens is 1. The first-order chi connectivity index (χ1) is 12.2. The number of hydrogen-bond donors (Lipinski definition) is 2. The fourth-order valence-electron chi connectivity index (χ4n) is 2.32. The summed E-state index contributed by atoms with van der Waals surface area (Å²) in [6.45, 7) is 0.372. The van der Waals surface area contributed by atoms with Gasteiger partial charge >= 0.3 is 6.18 Å². The summed E-state index contributed by atoms with van der Waals surface area (Å²) >= 11 is 11.8. The van der Waals surface area contributed by atoms with Crippen molar-refractivity contribution in [1.82, 2.24) is 10.3 Å². The molecular formula is C17H14Cl2F3N3O. The molecule has 0 saturated heterocycles. The van der Waals surface area contributed by atoms with E-state index in [2.05, 4.69) is 15.6 Å². The molecule has 1 amide bonds. The van der Waals surface area contributed by atoms with Crippen molar-refractivity contribution in [2.45, 2.75) is 19.0 Å². The topological polar surface area (TPSA) is 54.0 Å². The standard InChI is InChI=1S/C17H14Cl2F3N3O/c18-10-3-4-14(13(19)5-10)25-15-6-12(17(20,21)22)11(8-23-15)16(26)24-7-9-1-2-9/h3-6,8-9H,1-2,7H2,(H,23,25)(H,24,26). The number of hydrogen-bond acceptors (Lipinski definition) is 3. The molecule has 1 aromatic carbocycles. The van der Waals surface area contributed by atoms with Gasteiger partial charge in [0.15, 0.2) is 0 Å². The number of nitrogens with one attached hydrogen (secondary N) is 2. The average molecular weight is 404 g/mol. The molecule has 1 heterocycles. The van der Waals surface area contributed by atoms with E-state index in [0.29, 0.717) is 23.2 Å². The van der Waals surface area contributed by atoms with E-state index in [0.717, 1.165) is 25.1 Å². The SMILES string of the molecule is O=C(NCC1CC1)c1cnc(Nc2ccc(Cl)cc2Cl)cc1C(F)(F)F. The van der Waals surface area contributed by atoms with Gasteiger partial charge in [0.25, 0.3) is 5.91 Å². The van der Waals surface area contributed by atoms with Crippen LogP contribution < -0.4 is 10.6 Å². The number of nitrogens with zero attached hydrogens (tertiary/aromatic N) is 1. The van der Waals surface area contributed by atoms with E-state index < -0.39 is 23.2 Å². The molecule has 0 radical (unpaired) electrons. The molecule has 9 heteroatoms. The predicted octanol–water partition coefficient (Wildman–Crippen LogP) is 5.29. The summed E-state index contributed by atoms with van der Waals surface area (Å²) in [5.41, 5.74) is -1.22. The van der Waals surface area contributed by atoms with Crippen LogP contribution in [0.1, 0.15) is 28.8 Å². The number of pyridine rings is 1. The summed E-state index contributed by atoms with van der Waals surface area (Å²) in [4.78, 5) is 16.0. The quantitative estimate of drug-likeness (QED) is 0.712. The molecule has 1 fully saturated rings. The highest BCUT2D eigenvalue weighted by Gasteiger charge is 2.36. The van der Waals surface area contributed by atoms with Crippen LogP contribution in [0.2, 0.25) is 10.0 Å². The van der Waals surface area contributed by atoms with Crippen LogP contribution in [0.5, 0.6) is 0 Å². The summed E-state index contributed by atoms with van der Waals surface area (Å²) in [5, 5.41) is 5.86. The van der Waals surface area contributed by atoms with Crippen LogP contribution in [-0.2, 0) is 6.18 Å². The predicted molar refractivity (Wildman–Crippen MR) is 94.0 cm³/mol. The fraction of sp³-hybridized carbons (Fsp3) is 0.294. The maximum Gasteiger partial charge on any atom is 0.417 e. The van der Waals surface area contributed by atoms with Gasteiger partial charge in [0.1, 0.15) is 5.82 Å². The lowest BCUT2D eigenvalue weighted by molar-refractivity contribution is -0.137. The molecule has 26 heavy (non-hydrogen) atoms. The third kappa shape index (κ3) is 4.59. The Balaban J connectivity index is 1.86. The lowest BCUT2D eigenvalue weighted by atomic mass is 10.1. The summed E-state index contributed by atoms with van der Waals surface area (Å²) in [6, 6.07) is 5.31. The molecule has 1 aromatic heterocycles. The van der Waals surface area contributed by atoms with Crippen molar-refractivity contribution in [2.24, 2.45) is 5.92 Å². The van der Waals surface area contributed by atoms with Crippen molar-refractivity contribution >= 4 is 40.6 Å². The lowest BCUT2D eigenvalue weighted by Crippen LogP contribution is -2.28. The highest BCUT2D eigenvalue weighted by molar-refractivity contribution is 6.36. The van der Waals surface area contributed by atoms with Crippen LogP contribution in [0, 0.1) is 5.92 Å². The summed E-state index contributed by atoms with van der Waals surface area (Å²) < 4.78 is 40.2. The van der Waals surface area contributed by atoms with Gasteiger partial charge in [-0.25, -0.2) is 4.98 Å². The minimum atomic E-state index is -4.70. The van der Waals surface area contributed by atoms with Gasteiger partial charge in [-0.2, -0.15) is 13.2 Å². The number of amides is 1. The number of alkyl halides is 3. The maximum absolute atomic E-state index is 13.4. The Hall–Kier alpha value is -1.99. The van der Waals surface area contributed by atoms with Gasteiger partial charge in [0, 0.05) is 17.8 Å². The van der Waals surface area contributed by atoms with E-state index in [-0.39, 0.29) is 10.8 Å². The van der Waals surface area contributed by atoms with E-state index in [9.17, 15) is 18.0 Å². The smallest absolute Gasteiger partial charge is 0.352 e. The molecule has 2 N–H and O–H groups in total. The average Bonchev–Trinajstić information content (AvgIpc) is 3.39. The van der Waals surface area contributed by atoms with Crippen LogP contribution in [0.4, 0.5) is 24.7 Å². The molecule has 1 saturated carbocycles. The van der Waals surface area contributed by atoms with Crippen LogP contribution in [0.15, 0.2) is 30.5 Å². The highest BCUT2D eigenvalue weighted by Crippen LogP contribution is 2.35. The largest absolute Gasteiger partial charge is 0.417 e. The summed E-state index contributed by atoms with van der Waals surface area (Å²) in [6.07, 6.45) is -1.82. The monoisotopic (exact) mass is 403 g/mol. The van der Waals surface area contributed by atoms with Crippen LogP contribution in [-0.4, -0.2) is 17.4 Å². The highest BCUT2D eigenvalue weighted by atomic mass is 35.5. The molecule has 1 aliphatic rings. The van der Waals surface area contributed by atoms with Gasteiger partial charge in [-0.05, 0) is 43.0 Å². The van der Waals surface area contributed by atoms with Crippen LogP contribution >= 0.6 is 23.2 Å². The number of anilines is 2. The second-order valence-electron chi connectivity index (χ2n) is 6.02. The number of halogens is 5. The van der Waals surface area contributed by atoms with Gasteiger partial charge in [-0.1, -0.05) is 23.2 Å². The molecule has 1 aliphatic carbocycles. The van der Waals surface area contributed by atoms with Crippen molar-refractivity contribution in [3.8, 4) is 0 Å². The Labute approximate surface area is 157 Å². The molecule has 0 atom stereocenters. The second-order valence-corrected chi connectivity index (χ2v) is 6.86. The molecule has 138 valence electrons. The van der Waals surface area contributed by atoms with E-state index >= 15 is 0 Å². The molecule has 4 nitrogen and oxygen atoms in total.